The minimum absolute atomic E-state index is 0.00827. The summed E-state index contributed by atoms with van der Waals surface area (Å²) in [5, 5.41) is 10.0. The lowest BCUT2D eigenvalue weighted by atomic mass is 10.2. The number of halogens is 1. The zero-order valence-corrected chi connectivity index (χ0v) is 16.1. The smallest absolute Gasteiger partial charge is 0.349 e. The number of hydrogen-bond acceptors (Lipinski definition) is 5. The average Bonchev–Trinajstić information content (AvgIpc) is 3.30. The SMILES string of the molecule is COc1cc2c(Oc3ccc(OC4CCCC4)cc3)c(C(=O)O)sc2cc1F. The van der Waals surface area contributed by atoms with E-state index >= 15 is 0 Å². The number of carboxylic acids is 1. The predicted molar refractivity (Wildman–Crippen MR) is 105 cm³/mol. The first-order chi connectivity index (χ1) is 13.5. The van der Waals surface area contributed by atoms with Gasteiger partial charge in [0.1, 0.15) is 11.5 Å². The van der Waals surface area contributed by atoms with E-state index in [9.17, 15) is 14.3 Å². The van der Waals surface area contributed by atoms with Crippen LogP contribution < -0.4 is 14.2 Å². The summed E-state index contributed by atoms with van der Waals surface area (Å²) in [4.78, 5) is 11.7. The Morgan fingerprint density at radius 3 is 2.46 bits per heavy atom. The van der Waals surface area contributed by atoms with E-state index in [1.165, 1.54) is 32.1 Å². The van der Waals surface area contributed by atoms with Gasteiger partial charge in [-0.3, -0.25) is 0 Å². The van der Waals surface area contributed by atoms with E-state index in [1.807, 2.05) is 12.1 Å². The van der Waals surface area contributed by atoms with E-state index in [0.717, 1.165) is 29.9 Å². The van der Waals surface area contributed by atoms with Crippen LogP contribution in [0.5, 0.6) is 23.0 Å². The molecule has 1 aliphatic rings. The number of fused-ring (bicyclic) bond motifs is 1. The maximum absolute atomic E-state index is 14.0. The van der Waals surface area contributed by atoms with Gasteiger partial charge in [0.15, 0.2) is 22.2 Å². The average molecular weight is 402 g/mol. The summed E-state index contributed by atoms with van der Waals surface area (Å²) in [7, 11) is 1.36. The molecule has 1 N–H and O–H groups in total. The third-order valence-corrected chi connectivity index (χ3v) is 5.88. The molecule has 0 saturated heterocycles. The summed E-state index contributed by atoms with van der Waals surface area (Å²) in [6.45, 7) is 0. The molecular formula is C21H19FO5S. The van der Waals surface area contributed by atoms with E-state index in [4.69, 9.17) is 14.2 Å². The van der Waals surface area contributed by atoms with Gasteiger partial charge in [-0.1, -0.05) is 0 Å². The van der Waals surface area contributed by atoms with E-state index in [0.29, 0.717) is 15.8 Å². The molecule has 146 valence electrons. The Morgan fingerprint density at radius 1 is 1.14 bits per heavy atom. The number of thiophene rings is 1. The predicted octanol–water partition coefficient (Wildman–Crippen LogP) is 5.86. The molecule has 1 aromatic heterocycles. The van der Waals surface area contributed by atoms with Gasteiger partial charge in [0, 0.05) is 10.1 Å². The van der Waals surface area contributed by atoms with Crippen molar-refractivity contribution in [1.29, 1.82) is 0 Å². The largest absolute Gasteiger partial charge is 0.494 e. The van der Waals surface area contributed by atoms with Crippen molar-refractivity contribution in [3.63, 3.8) is 0 Å². The minimum Gasteiger partial charge on any atom is -0.494 e. The van der Waals surface area contributed by atoms with Gasteiger partial charge in [0.25, 0.3) is 0 Å². The fourth-order valence-corrected chi connectivity index (χ4v) is 4.35. The van der Waals surface area contributed by atoms with Crippen LogP contribution in [0.15, 0.2) is 36.4 Å². The Balaban J connectivity index is 1.64. The topological polar surface area (TPSA) is 65.0 Å². The molecule has 0 aliphatic heterocycles. The summed E-state index contributed by atoms with van der Waals surface area (Å²) in [6.07, 6.45) is 4.78. The highest BCUT2D eigenvalue weighted by atomic mass is 32.1. The molecule has 1 saturated carbocycles. The second kappa shape index (κ2) is 7.67. The van der Waals surface area contributed by atoms with Crippen LogP contribution in [0.4, 0.5) is 4.39 Å². The zero-order chi connectivity index (χ0) is 19.7. The third-order valence-electron chi connectivity index (χ3n) is 4.76. The lowest BCUT2D eigenvalue weighted by molar-refractivity contribution is 0.0700. The Labute approximate surface area is 165 Å². The van der Waals surface area contributed by atoms with Gasteiger partial charge in [0.2, 0.25) is 0 Å². The third kappa shape index (κ3) is 3.62. The Kier molecular flexibility index (Phi) is 5.09. The number of hydrogen-bond donors (Lipinski definition) is 1. The van der Waals surface area contributed by atoms with Gasteiger partial charge < -0.3 is 19.3 Å². The van der Waals surface area contributed by atoms with Crippen LogP contribution in [0.1, 0.15) is 35.4 Å². The van der Waals surface area contributed by atoms with Crippen LogP contribution in [0.3, 0.4) is 0 Å². The fraction of sp³-hybridized carbons (Fsp3) is 0.286. The minimum atomic E-state index is -1.13. The lowest BCUT2D eigenvalue weighted by Gasteiger charge is -2.13. The van der Waals surface area contributed by atoms with Crippen molar-refractivity contribution >= 4 is 27.4 Å². The molecule has 1 fully saturated rings. The first kappa shape index (κ1) is 18.6. The second-order valence-corrected chi connectivity index (χ2v) is 7.70. The van der Waals surface area contributed by atoms with E-state index in [-0.39, 0.29) is 22.5 Å². The van der Waals surface area contributed by atoms with E-state index in [1.54, 1.807) is 12.1 Å². The molecule has 3 aromatic rings. The van der Waals surface area contributed by atoms with Crippen LogP contribution in [-0.4, -0.2) is 24.3 Å². The van der Waals surface area contributed by atoms with Crippen molar-refractivity contribution in [1.82, 2.24) is 0 Å². The fourth-order valence-electron chi connectivity index (χ4n) is 3.38. The number of rotatable bonds is 6. The molecule has 1 heterocycles. The normalized spacial score (nSPS) is 14.4. The number of methoxy groups -OCH3 is 1. The quantitative estimate of drug-likeness (QED) is 0.559. The van der Waals surface area contributed by atoms with E-state index < -0.39 is 11.8 Å². The van der Waals surface area contributed by atoms with Crippen LogP contribution >= 0.6 is 11.3 Å². The first-order valence-electron chi connectivity index (χ1n) is 9.03. The molecule has 0 amide bonds. The lowest BCUT2D eigenvalue weighted by Crippen LogP contribution is -2.10. The molecule has 0 unspecified atom stereocenters. The molecule has 28 heavy (non-hydrogen) atoms. The van der Waals surface area contributed by atoms with Crippen LogP contribution in [0.2, 0.25) is 0 Å². The Hall–Kier alpha value is -2.80. The summed E-state index contributed by atoms with van der Waals surface area (Å²) >= 11 is 0.964. The number of carbonyl (C=O) groups is 1. The number of ether oxygens (including phenoxy) is 3. The second-order valence-electron chi connectivity index (χ2n) is 6.65. The highest BCUT2D eigenvalue weighted by Crippen LogP contribution is 2.43. The standard InChI is InChI=1S/C21H19FO5S/c1-25-17-10-15-18(11-16(17)22)28-20(21(23)24)19(15)27-14-8-6-13(7-9-14)26-12-4-2-3-5-12/h6-12H,2-5H2,1H3,(H,23,24). The molecule has 1 aliphatic carbocycles. The monoisotopic (exact) mass is 402 g/mol. The van der Waals surface area contributed by atoms with Gasteiger partial charge in [-0.15, -0.1) is 11.3 Å². The Bertz CT molecular complexity index is 1010. The summed E-state index contributed by atoms with van der Waals surface area (Å²) in [5.41, 5.74) is 0. The van der Waals surface area contributed by atoms with Gasteiger partial charge >= 0.3 is 5.97 Å². The Morgan fingerprint density at radius 2 is 1.82 bits per heavy atom. The number of benzene rings is 2. The zero-order valence-electron chi connectivity index (χ0n) is 15.2. The van der Waals surface area contributed by atoms with Crippen LogP contribution in [-0.2, 0) is 0 Å². The van der Waals surface area contributed by atoms with Crippen LogP contribution in [0, 0.1) is 5.82 Å². The summed E-state index contributed by atoms with van der Waals surface area (Å²) in [6, 6.07) is 9.81. The van der Waals surface area contributed by atoms with Crippen molar-refractivity contribution in [2.24, 2.45) is 0 Å². The molecule has 5 nitrogen and oxygen atoms in total. The number of aromatic carboxylic acids is 1. The summed E-state index contributed by atoms with van der Waals surface area (Å²) in [5.74, 6) is -0.228. The van der Waals surface area contributed by atoms with Crippen molar-refractivity contribution in [3.8, 4) is 23.0 Å². The maximum Gasteiger partial charge on any atom is 0.349 e. The molecular weight excluding hydrogens is 383 g/mol. The molecule has 2 aromatic carbocycles. The van der Waals surface area contributed by atoms with Crippen molar-refractivity contribution in [2.75, 3.05) is 7.11 Å². The molecule has 0 spiro atoms. The summed E-state index contributed by atoms with van der Waals surface area (Å²) < 4.78 is 31.3. The van der Waals surface area contributed by atoms with Crippen molar-refractivity contribution in [2.45, 2.75) is 31.8 Å². The highest BCUT2D eigenvalue weighted by molar-refractivity contribution is 7.21. The van der Waals surface area contributed by atoms with Crippen LogP contribution in [0.25, 0.3) is 10.1 Å². The van der Waals surface area contributed by atoms with Crippen molar-refractivity contribution in [3.05, 3.63) is 47.1 Å². The molecule has 0 atom stereocenters. The highest BCUT2D eigenvalue weighted by Gasteiger charge is 2.22. The maximum atomic E-state index is 14.0. The van der Waals surface area contributed by atoms with Gasteiger partial charge in [-0.25, -0.2) is 9.18 Å². The molecule has 7 heteroatoms. The molecule has 0 radical (unpaired) electrons. The number of carboxylic acid groups (broad SMARTS) is 1. The van der Waals surface area contributed by atoms with Gasteiger partial charge in [-0.05, 0) is 62.1 Å². The first-order valence-corrected chi connectivity index (χ1v) is 9.84. The van der Waals surface area contributed by atoms with Crippen molar-refractivity contribution < 1.29 is 28.5 Å². The van der Waals surface area contributed by atoms with Gasteiger partial charge in [0.05, 0.1) is 13.2 Å². The van der Waals surface area contributed by atoms with E-state index in [2.05, 4.69) is 0 Å². The van der Waals surface area contributed by atoms with Gasteiger partial charge in [-0.2, -0.15) is 0 Å². The molecule has 4 rings (SSSR count). The molecule has 0 bridgehead atoms.